The number of rotatable bonds is 23. The highest BCUT2D eigenvalue weighted by Gasteiger charge is 2.43. The first-order valence-electron chi connectivity index (χ1n) is 24.3. The molecule has 0 aromatic heterocycles. The highest BCUT2D eigenvalue weighted by atomic mass is 28.4. The molecule has 3 aromatic carbocycles. The van der Waals surface area contributed by atoms with Crippen LogP contribution in [0, 0.1) is 23.7 Å². The second kappa shape index (κ2) is 23.1. The second-order valence-electron chi connectivity index (χ2n) is 23.6. The molecule has 0 unspecified atom stereocenters. The third-order valence-electron chi connectivity index (χ3n) is 15.0. The number of aliphatic hydroxyl groups is 1. The van der Waals surface area contributed by atoms with E-state index in [0.717, 1.165) is 29.7 Å². The van der Waals surface area contributed by atoms with Crippen LogP contribution >= 0.6 is 0 Å². The van der Waals surface area contributed by atoms with Gasteiger partial charge in [0.1, 0.15) is 5.60 Å². The van der Waals surface area contributed by atoms with Gasteiger partial charge in [-0.3, -0.25) is 0 Å². The molecule has 0 heterocycles. The number of ether oxygens (including phenoxy) is 1. The van der Waals surface area contributed by atoms with Crippen molar-refractivity contribution in [2.45, 2.75) is 181 Å². The minimum Gasteiger partial charge on any atom is -0.417 e. The van der Waals surface area contributed by atoms with Gasteiger partial charge in [0.25, 0.3) is 0 Å². The monoisotopic (exact) mass is 929 g/mol. The van der Waals surface area contributed by atoms with Crippen LogP contribution in [0.2, 0.25) is 54.4 Å². The molecule has 0 spiro atoms. The normalized spacial score (nSPS) is 17.3. The summed E-state index contributed by atoms with van der Waals surface area (Å²) in [5.74, 6) is 0.870. The highest BCUT2D eigenvalue weighted by Crippen LogP contribution is 2.43. The van der Waals surface area contributed by atoms with E-state index in [1.165, 1.54) is 0 Å². The molecular formula is C56H92O5Si3. The predicted molar refractivity (Wildman–Crippen MR) is 283 cm³/mol. The van der Waals surface area contributed by atoms with Crippen molar-refractivity contribution >= 4 is 25.0 Å². The Morgan fingerprint density at radius 2 is 0.953 bits per heavy atom. The largest absolute Gasteiger partial charge is 0.417 e. The van der Waals surface area contributed by atoms with Crippen LogP contribution in [0.15, 0.2) is 115 Å². The fourth-order valence-corrected chi connectivity index (χ4v) is 11.7. The number of benzene rings is 3. The second-order valence-corrected chi connectivity index (χ2v) is 37.9. The van der Waals surface area contributed by atoms with Crippen molar-refractivity contribution in [2.24, 2.45) is 23.7 Å². The molecule has 0 aliphatic rings. The minimum atomic E-state index is -2.20. The predicted octanol–water partition coefficient (Wildman–Crippen LogP) is 15.6. The van der Waals surface area contributed by atoms with Crippen molar-refractivity contribution in [3.05, 3.63) is 132 Å². The molecule has 8 heteroatoms. The summed E-state index contributed by atoms with van der Waals surface area (Å²) in [5.41, 5.74) is 2.43. The van der Waals surface area contributed by atoms with E-state index in [0.29, 0.717) is 24.9 Å². The van der Waals surface area contributed by atoms with Crippen LogP contribution in [0.4, 0.5) is 0 Å². The van der Waals surface area contributed by atoms with Crippen LogP contribution in [0.1, 0.15) is 120 Å². The van der Waals surface area contributed by atoms with Gasteiger partial charge >= 0.3 is 0 Å². The smallest absolute Gasteiger partial charge is 0.192 e. The van der Waals surface area contributed by atoms with Crippen LogP contribution in [0.5, 0.6) is 0 Å². The average Bonchev–Trinajstić information content (AvgIpc) is 3.20. The molecule has 3 rings (SSSR count). The summed E-state index contributed by atoms with van der Waals surface area (Å²) >= 11 is 0. The quantitative estimate of drug-likeness (QED) is 0.0583. The lowest BCUT2D eigenvalue weighted by Gasteiger charge is -2.43. The first-order valence-corrected chi connectivity index (χ1v) is 33.0. The standard InChI is InChI=1S/C56H92O5Si3/c1-43(42-59-62(14,15)53(5,6)7)40-46(4)52(61-64(18,19)55(11,12)13)45(3)37-38-50(57)41-51(60-63(16,17)54(8,9)10)44(2)30-29-39-58-56(47-31-23-20-24-32-47,48-33-25-21-26-34-48)49-35-27-22-28-36-49/h20-38,43-46,50-52,57H,39-42H2,1-19H3/t43-,44-,45+,46+,50-,51+,52+/m1/s1. The average molecular weight is 930 g/mol. The van der Waals surface area contributed by atoms with Crippen molar-refractivity contribution in [1.82, 2.24) is 0 Å². The molecule has 0 aliphatic heterocycles. The Kier molecular flexibility index (Phi) is 20.1. The third kappa shape index (κ3) is 15.3. The molecule has 0 radical (unpaired) electrons. The summed E-state index contributed by atoms with van der Waals surface area (Å²) in [6.07, 6.45) is 9.27. The van der Waals surface area contributed by atoms with Crippen molar-refractivity contribution in [2.75, 3.05) is 13.2 Å². The van der Waals surface area contributed by atoms with Crippen molar-refractivity contribution in [3.8, 4) is 0 Å². The third-order valence-corrected chi connectivity index (χ3v) is 28.4. The fourth-order valence-electron chi connectivity index (χ4n) is 7.65. The first-order chi connectivity index (χ1) is 29.4. The van der Waals surface area contributed by atoms with E-state index in [1.807, 2.05) is 6.08 Å². The summed E-state index contributed by atoms with van der Waals surface area (Å²) in [7, 11) is -6.14. The molecule has 0 saturated heterocycles. The summed E-state index contributed by atoms with van der Waals surface area (Å²) < 4.78 is 28.2. The number of hydrogen-bond acceptors (Lipinski definition) is 5. The highest BCUT2D eigenvalue weighted by molar-refractivity contribution is 6.75. The molecule has 64 heavy (non-hydrogen) atoms. The zero-order chi connectivity index (χ0) is 48.4. The zero-order valence-corrected chi connectivity index (χ0v) is 46.9. The number of hydrogen-bond donors (Lipinski definition) is 1. The lowest BCUT2D eigenvalue weighted by atomic mass is 9.80. The molecule has 1 N–H and O–H groups in total. The van der Waals surface area contributed by atoms with Gasteiger partial charge in [-0.2, -0.15) is 0 Å². The SMILES string of the molecule is C[C@@H](CO[Si](C)(C)C(C)(C)C)C[C@H](C)[C@@H](O[Si](C)(C)C(C)(C)C)[C@@H](C)C=C[C@@H](O)C[C@H](O[Si](C)(C)C(C)(C)C)[C@H](C)C=CCOC(c1ccccc1)(c1ccccc1)c1ccccc1. The van der Waals surface area contributed by atoms with Crippen molar-refractivity contribution in [3.63, 3.8) is 0 Å². The Morgan fingerprint density at radius 1 is 0.531 bits per heavy atom. The van der Waals surface area contributed by atoms with E-state index < -0.39 is 36.7 Å². The molecule has 0 fully saturated rings. The van der Waals surface area contributed by atoms with Gasteiger partial charge in [-0.1, -0.05) is 205 Å². The minimum absolute atomic E-state index is 0.0189. The van der Waals surface area contributed by atoms with Crippen LogP contribution < -0.4 is 0 Å². The molecule has 0 amide bonds. The van der Waals surface area contributed by atoms with Gasteiger partial charge in [0.15, 0.2) is 25.0 Å². The number of aliphatic hydroxyl groups excluding tert-OH is 1. The Labute approximate surface area is 396 Å². The van der Waals surface area contributed by atoms with Gasteiger partial charge in [0.05, 0.1) is 24.9 Å². The van der Waals surface area contributed by atoms with Crippen molar-refractivity contribution in [1.29, 1.82) is 0 Å². The first kappa shape index (κ1) is 55.9. The van der Waals surface area contributed by atoms with Crippen LogP contribution in [0.25, 0.3) is 0 Å². The van der Waals surface area contributed by atoms with Gasteiger partial charge in [-0.05, 0) is 101 Å². The topological polar surface area (TPSA) is 57.2 Å². The summed E-state index contributed by atoms with van der Waals surface area (Å²) in [4.78, 5) is 0. The van der Waals surface area contributed by atoms with E-state index in [-0.39, 0.29) is 39.2 Å². The summed E-state index contributed by atoms with van der Waals surface area (Å²) in [5, 5.41) is 12.2. The lowest BCUT2D eigenvalue weighted by Crippen LogP contribution is -2.47. The fraction of sp³-hybridized carbons (Fsp3) is 0.607. The molecule has 0 aliphatic carbocycles. The van der Waals surface area contributed by atoms with Crippen molar-refractivity contribution < 1.29 is 23.1 Å². The van der Waals surface area contributed by atoms with E-state index in [4.69, 9.17) is 18.0 Å². The lowest BCUT2D eigenvalue weighted by molar-refractivity contribution is 0.0314. The molecule has 7 atom stereocenters. The Morgan fingerprint density at radius 3 is 1.38 bits per heavy atom. The maximum absolute atomic E-state index is 11.9. The molecule has 5 nitrogen and oxygen atoms in total. The Bertz CT molecular complexity index is 1760. The van der Waals surface area contributed by atoms with E-state index >= 15 is 0 Å². The maximum atomic E-state index is 11.9. The maximum Gasteiger partial charge on any atom is 0.192 e. The molecular weight excluding hydrogens is 837 g/mol. The molecule has 358 valence electrons. The zero-order valence-electron chi connectivity index (χ0n) is 43.9. The van der Waals surface area contributed by atoms with Crippen LogP contribution in [-0.4, -0.2) is 61.6 Å². The van der Waals surface area contributed by atoms with Gasteiger partial charge < -0.3 is 23.1 Å². The van der Waals surface area contributed by atoms with E-state index in [9.17, 15) is 5.11 Å². The van der Waals surface area contributed by atoms with E-state index in [1.54, 1.807) is 0 Å². The Balaban J connectivity index is 1.89. The van der Waals surface area contributed by atoms with Crippen LogP contribution in [0.3, 0.4) is 0 Å². The van der Waals surface area contributed by atoms with Gasteiger partial charge in [-0.15, -0.1) is 0 Å². The van der Waals surface area contributed by atoms with Crippen LogP contribution in [-0.2, 0) is 23.6 Å². The molecule has 0 saturated carbocycles. The Hall–Kier alpha value is -2.41. The van der Waals surface area contributed by atoms with E-state index in [2.05, 4.69) is 239 Å². The van der Waals surface area contributed by atoms with Gasteiger partial charge in [0.2, 0.25) is 0 Å². The van der Waals surface area contributed by atoms with Gasteiger partial charge in [0, 0.05) is 13.0 Å². The molecule has 3 aromatic rings. The summed E-state index contributed by atoms with van der Waals surface area (Å²) in [6, 6.07) is 31.5. The van der Waals surface area contributed by atoms with Gasteiger partial charge in [-0.25, -0.2) is 0 Å². The molecule has 0 bridgehead atoms. The summed E-state index contributed by atoms with van der Waals surface area (Å²) in [6.45, 7) is 45.1.